The van der Waals surface area contributed by atoms with E-state index in [0.29, 0.717) is 26.1 Å². The summed E-state index contributed by atoms with van der Waals surface area (Å²) in [6.45, 7) is 0.692. The topological polar surface area (TPSA) is 99.0 Å². The highest BCUT2D eigenvalue weighted by molar-refractivity contribution is 5.99. The van der Waals surface area contributed by atoms with Crippen molar-refractivity contribution in [1.82, 2.24) is 5.32 Å². The predicted molar refractivity (Wildman–Crippen MR) is 67.1 cm³/mol. The van der Waals surface area contributed by atoms with E-state index < -0.39 is 11.4 Å². The van der Waals surface area contributed by atoms with Gasteiger partial charge in [0.05, 0.1) is 12.1 Å². The second kappa shape index (κ2) is 5.46. The zero-order chi connectivity index (χ0) is 13.9. The molecule has 0 atom stereocenters. The van der Waals surface area contributed by atoms with Gasteiger partial charge >= 0.3 is 0 Å². The van der Waals surface area contributed by atoms with E-state index in [1.807, 2.05) is 0 Å². The Hall–Kier alpha value is -1.79. The first-order chi connectivity index (χ1) is 9.08. The molecule has 6 heteroatoms. The van der Waals surface area contributed by atoms with Gasteiger partial charge in [0, 0.05) is 13.2 Å². The highest BCUT2D eigenvalue weighted by atomic mass is 16.5. The standard InChI is InChI=1S/C13H17NO5/c15-8-13(4-6-19-7-5-13)14-12(18)11-9(16)2-1-3-10(11)17/h1-3,15-17H,4-8H2,(H,14,18). The number of hydrogen-bond acceptors (Lipinski definition) is 5. The minimum absolute atomic E-state index is 0.179. The Labute approximate surface area is 110 Å². The third-order valence-electron chi connectivity index (χ3n) is 3.38. The number of carbonyl (C=O) groups excluding carboxylic acids is 1. The summed E-state index contributed by atoms with van der Waals surface area (Å²) >= 11 is 0. The number of nitrogens with one attached hydrogen (secondary N) is 1. The van der Waals surface area contributed by atoms with Crippen molar-refractivity contribution in [2.45, 2.75) is 18.4 Å². The van der Waals surface area contributed by atoms with Gasteiger partial charge in [0.1, 0.15) is 17.1 Å². The molecule has 1 fully saturated rings. The molecule has 19 heavy (non-hydrogen) atoms. The summed E-state index contributed by atoms with van der Waals surface area (Å²) in [5.41, 5.74) is -0.939. The third kappa shape index (κ3) is 2.80. The van der Waals surface area contributed by atoms with E-state index in [9.17, 15) is 20.1 Å². The number of aliphatic hydroxyl groups excluding tert-OH is 1. The number of carbonyl (C=O) groups is 1. The number of aliphatic hydroxyl groups is 1. The fourth-order valence-corrected chi connectivity index (χ4v) is 2.15. The molecule has 1 aromatic carbocycles. The van der Waals surface area contributed by atoms with Gasteiger partial charge in [-0.2, -0.15) is 0 Å². The second-order valence-electron chi connectivity index (χ2n) is 4.68. The Morgan fingerprint density at radius 1 is 1.26 bits per heavy atom. The van der Waals surface area contributed by atoms with Crippen LogP contribution in [0.4, 0.5) is 0 Å². The molecule has 0 aliphatic carbocycles. The lowest BCUT2D eigenvalue weighted by Gasteiger charge is -2.36. The lowest BCUT2D eigenvalue weighted by Crippen LogP contribution is -2.54. The Balaban J connectivity index is 2.20. The quantitative estimate of drug-likeness (QED) is 0.634. The molecule has 0 radical (unpaired) electrons. The van der Waals surface area contributed by atoms with Crippen molar-refractivity contribution in [3.63, 3.8) is 0 Å². The highest BCUT2D eigenvalue weighted by Gasteiger charge is 2.34. The fourth-order valence-electron chi connectivity index (χ4n) is 2.15. The van der Waals surface area contributed by atoms with Crippen molar-refractivity contribution >= 4 is 5.91 Å². The van der Waals surface area contributed by atoms with Gasteiger partial charge in [0.25, 0.3) is 5.91 Å². The number of phenolic OH excluding ortho intramolecular Hbond substituents is 2. The largest absolute Gasteiger partial charge is 0.507 e. The zero-order valence-electron chi connectivity index (χ0n) is 10.4. The van der Waals surface area contributed by atoms with E-state index in [1.54, 1.807) is 0 Å². The predicted octanol–water partition coefficient (Wildman–Crippen LogP) is 0.369. The summed E-state index contributed by atoms with van der Waals surface area (Å²) in [7, 11) is 0. The monoisotopic (exact) mass is 267 g/mol. The van der Waals surface area contributed by atoms with Crippen LogP contribution in [0.5, 0.6) is 11.5 Å². The van der Waals surface area contributed by atoms with Gasteiger partial charge in [-0.25, -0.2) is 0 Å². The Morgan fingerprint density at radius 2 is 1.84 bits per heavy atom. The molecule has 6 nitrogen and oxygen atoms in total. The Bertz CT molecular complexity index is 448. The number of amides is 1. The minimum Gasteiger partial charge on any atom is -0.507 e. The number of phenols is 2. The van der Waals surface area contributed by atoms with Crippen molar-refractivity contribution in [3.8, 4) is 11.5 Å². The normalized spacial score (nSPS) is 17.9. The van der Waals surface area contributed by atoms with E-state index in [-0.39, 0.29) is 23.7 Å². The molecule has 0 unspecified atom stereocenters. The molecule has 2 rings (SSSR count). The van der Waals surface area contributed by atoms with Crippen molar-refractivity contribution in [1.29, 1.82) is 0 Å². The van der Waals surface area contributed by atoms with E-state index in [1.165, 1.54) is 18.2 Å². The molecule has 1 aliphatic heterocycles. The maximum atomic E-state index is 12.1. The number of aromatic hydroxyl groups is 2. The number of benzene rings is 1. The molecule has 1 saturated heterocycles. The van der Waals surface area contributed by atoms with Gasteiger partial charge in [0.2, 0.25) is 0 Å². The molecule has 1 aromatic rings. The number of rotatable bonds is 3. The van der Waals surface area contributed by atoms with Crippen LogP contribution in [0.3, 0.4) is 0 Å². The molecule has 1 aliphatic rings. The van der Waals surface area contributed by atoms with E-state index in [0.717, 1.165) is 0 Å². The van der Waals surface area contributed by atoms with E-state index >= 15 is 0 Å². The van der Waals surface area contributed by atoms with Crippen LogP contribution >= 0.6 is 0 Å². The first-order valence-corrected chi connectivity index (χ1v) is 6.10. The Kier molecular flexibility index (Phi) is 3.92. The Morgan fingerprint density at radius 3 is 2.37 bits per heavy atom. The zero-order valence-corrected chi connectivity index (χ0v) is 10.4. The van der Waals surface area contributed by atoms with E-state index in [2.05, 4.69) is 5.32 Å². The van der Waals surface area contributed by atoms with Gasteiger partial charge < -0.3 is 25.4 Å². The first-order valence-electron chi connectivity index (χ1n) is 6.10. The van der Waals surface area contributed by atoms with Crippen molar-refractivity contribution in [3.05, 3.63) is 23.8 Å². The van der Waals surface area contributed by atoms with Crippen molar-refractivity contribution < 1.29 is 24.9 Å². The molecule has 4 N–H and O–H groups in total. The van der Waals surface area contributed by atoms with Gasteiger partial charge in [-0.1, -0.05) is 6.07 Å². The molecule has 0 aromatic heterocycles. The SMILES string of the molecule is O=C(NC1(CO)CCOCC1)c1c(O)cccc1O. The summed E-state index contributed by atoms with van der Waals surface area (Å²) < 4.78 is 5.20. The summed E-state index contributed by atoms with van der Waals surface area (Å²) in [4.78, 5) is 12.1. The fraction of sp³-hybridized carbons (Fsp3) is 0.462. The van der Waals surface area contributed by atoms with Crippen LogP contribution in [-0.2, 0) is 4.74 Å². The molecule has 0 bridgehead atoms. The second-order valence-corrected chi connectivity index (χ2v) is 4.68. The number of ether oxygens (including phenoxy) is 1. The number of hydrogen-bond donors (Lipinski definition) is 4. The van der Waals surface area contributed by atoms with Crippen LogP contribution in [0.1, 0.15) is 23.2 Å². The molecule has 1 heterocycles. The average molecular weight is 267 g/mol. The molecule has 0 spiro atoms. The van der Waals surface area contributed by atoms with Crippen LogP contribution in [0, 0.1) is 0 Å². The van der Waals surface area contributed by atoms with Crippen LogP contribution in [0.2, 0.25) is 0 Å². The minimum atomic E-state index is -0.760. The van der Waals surface area contributed by atoms with Gasteiger partial charge in [-0.05, 0) is 25.0 Å². The highest BCUT2D eigenvalue weighted by Crippen LogP contribution is 2.28. The molecule has 104 valence electrons. The van der Waals surface area contributed by atoms with Crippen LogP contribution < -0.4 is 5.32 Å². The van der Waals surface area contributed by atoms with Gasteiger partial charge in [-0.3, -0.25) is 4.79 Å². The molecular weight excluding hydrogens is 250 g/mol. The van der Waals surface area contributed by atoms with Crippen LogP contribution in [0.25, 0.3) is 0 Å². The van der Waals surface area contributed by atoms with Crippen molar-refractivity contribution in [2.24, 2.45) is 0 Å². The first kappa shape index (κ1) is 13.6. The summed E-state index contributed by atoms with van der Waals surface area (Å²) in [6, 6.07) is 4.09. The summed E-state index contributed by atoms with van der Waals surface area (Å²) in [5, 5.41) is 31.5. The van der Waals surface area contributed by atoms with E-state index in [4.69, 9.17) is 4.74 Å². The molecule has 1 amide bonds. The lowest BCUT2D eigenvalue weighted by atomic mass is 9.90. The maximum Gasteiger partial charge on any atom is 0.259 e. The van der Waals surface area contributed by atoms with Crippen molar-refractivity contribution in [2.75, 3.05) is 19.8 Å². The molecular formula is C13H17NO5. The van der Waals surface area contributed by atoms with Gasteiger partial charge in [0.15, 0.2) is 0 Å². The summed E-state index contributed by atoms with van der Waals surface area (Å²) in [5.74, 6) is -1.19. The molecule has 0 saturated carbocycles. The average Bonchev–Trinajstić information content (AvgIpc) is 2.39. The summed E-state index contributed by atoms with van der Waals surface area (Å²) in [6.07, 6.45) is 0.979. The van der Waals surface area contributed by atoms with Crippen LogP contribution in [-0.4, -0.2) is 46.6 Å². The maximum absolute atomic E-state index is 12.1. The van der Waals surface area contributed by atoms with Gasteiger partial charge in [-0.15, -0.1) is 0 Å². The van der Waals surface area contributed by atoms with Crippen LogP contribution in [0.15, 0.2) is 18.2 Å². The third-order valence-corrected chi connectivity index (χ3v) is 3.38. The lowest BCUT2D eigenvalue weighted by molar-refractivity contribution is 0.0124. The smallest absolute Gasteiger partial charge is 0.259 e.